The molecule has 8 nitrogen and oxygen atoms in total. The standard InChI is InChI=1S/C27H25FN6O2/c1-2-36-23-14-24(27-21(15-29)17-31-34(27)18-23)20-5-8-25(30-16-20)32-9-11-33(12-10-32)26(35)13-19-3-6-22(28)7-4-19/h3-8,14,16-18H,2,9-13H2,1H3. The van der Waals surface area contributed by atoms with Gasteiger partial charge in [-0.25, -0.2) is 13.9 Å². The van der Waals surface area contributed by atoms with Gasteiger partial charge in [-0.3, -0.25) is 4.79 Å². The number of hydrogen-bond donors (Lipinski definition) is 0. The van der Waals surface area contributed by atoms with Crippen LogP contribution in [0.25, 0.3) is 16.6 Å². The molecule has 3 aromatic heterocycles. The molecular formula is C27H25FN6O2. The molecule has 0 radical (unpaired) electrons. The lowest BCUT2D eigenvalue weighted by Crippen LogP contribution is -2.49. The Bertz CT molecular complexity index is 1420. The molecule has 1 saturated heterocycles. The summed E-state index contributed by atoms with van der Waals surface area (Å²) in [6.45, 7) is 4.98. The molecule has 4 heterocycles. The predicted octanol–water partition coefficient (Wildman–Crippen LogP) is 3.70. The van der Waals surface area contributed by atoms with Crippen molar-refractivity contribution >= 4 is 17.2 Å². The summed E-state index contributed by atoms with van der Waals surface area (Å²) in [5.74, 6) is 1.23. The van der Waals surface area contributed by atoms with Gasteiger partial charge in [0.05, 0.1) is 36.5 Å². The van der Waals surface area contributed by atoms with E-state index >= 15 is 0 Å². The van der Waals surface area contributed by atoms with Crippen molar-refractivity contribution in [1.29, 1.82) is 5.26 Å². The van der Waals surface area contributed by atoms with E-state index in [-0.39, 0.29) is 18.1 Å². The highest BCUT2D eigenvalue weighted by Gasteiger charge is 2.22. The molecule has 182 valence electrons. The first-order chi connectivity index (χ1) is 17.6. The minimum Gasteiger partial charge on any atom is -0.492 e. The van der Waals surface area contributed by atoms with Crippen molar-refractivity contribution < 1.29 is 13.9 Å². The second-order valence-electron chi connectivity index (χ2n) is 8.56. The largest absolute Gasteiger partial charge is 0.492 e. The highest BCUT2D eigenvalue weighted by molar-refractivity contribution is 5.85. The van der Waals surface area contributed by atoms with Crippen LogP contribution in [0, 0.1) is 17.1 Å². The van der Waals surface area contributed by atoms with Crippen LogP contribution in [0.2, 0.25) is 0 Å². The van der Waals surface area contributed by atoms with E-state index in [9.17, 15) is 14.4 Å². The summed E-state index contributed by atoms with van der Waals surface area (Å²) < 4.78 is 20.5. The molecule has 0 saturated carbocycles. The number of ether oxygens (including phenoxy) is 1. The Morgan fingerprint density at radius 1 is 1.11 bits per heavy atom. The maximum absolute atomic E-state index is 13.1. The fourth-order valence-corrected chi connectivity index (χ4v) is 4.45. The van der Waals surface area contributed by atoms with Gasteiger partial charge < -0.3 is 14.5 Å². The fraction of sp³-hybridized carbons (Fsp3) is 0.259. The van der Waals surface area contributed by atoms with Gasteiger partial charge >= 0.3 is 0 Å². The zero-order valence-corrected chi connectivity index (χ0v) is 19.9. The van der Waals surface area contributed by atoms with Crippen LogP contribution in [-0.4, -0.2) is 58.2 Å². The third-order valence-corrected chi connectivity index (χ3v) is 6.30. The Labute approximate surface area is 208 Å². The quantitative estimate of drug-likeness (QED) is 0.415. The summed E-state index contributed by atoms with van der Waals surface area (Å²) in [4.78, 5) is 21.3. The Balaban J connectivity index is 1.29. The highest BCUT2D eigenvalue weighted by Crippen LogP contribution is 2.31. The Morgan fingerprint density at radius 2 is 1.89 bits per heavy atom. The van der Waals surface area contributed by atoms with E-state index in [4.69, 9.17) is 4.74 Å². The van der Waals surface area contributed by atoms with Gasteiger partial charge in [0, 0.05) is 43.5 Å². The number of fused-ring (bicyclic) bond motifs is 1. The van der Waals surface area contributed by atoms with Crippen LogP contribution in [0.15, 0.2) is 61.1 Å². The van der Waals surface area contributed by atoms with Crippen molar-refractivity contribution in [3.63, 3.8) is 0 Å². The molecule has 36 heavy (non-hydrogen) atoms. The van der Waals surface area contributed by atoms with E-state index < -0.39 is 0 Å². The van der Waals surface area contributed by atoms with Gasteiger partial charge in [-0.15, -0.1) is 0 Å². The van der Waals surface area contributed by atoms with Gasteiger partial charge in [0.2, 0.25) is 5.91 Å². The number of nitrogens with zero attached hydrogens (tertiary/aromatic N) is 6. The highest BCUT2D eigenvalue weighted by atomic mass is 19.1. The van der Waals surface area contributed by atoms with E-state index in [1.807, 2.05) is 30.0 Å². The van der Waals surface area contributed by atoms with Crippen LogP contribution >= 0.6 is 0 Å². The molecule has 0 atom stereocenters. The number of piperazine rings is 1. The molecule has 1 aliphatic heterocycles. The molecule has 9 heteroatoms. The zero-order valence-electron chi connectivity index (χ0n) is 19.9. The van der Waals surface area contributed by atoms with Gasteiger partial charge in [-0.05, 0) is 42.8 Å². The number of aromatic nitrogens is 3. The number of benzene rings is 1. The maximum Gasteiger partial charge on any atom is 0.227 e. The van der Waals surface area contributed by atoms with Gasteiger partial charge in [0.15, 0.2) is 0 Å². The molecule has 0 unspecified atom stereocenters. The van der Waals surface area contributed by atoms with Crippen LogP contribution in [0.4, 0.5) is 10.2 Å². The molecule has 5 rings (SSSR count). The summed E-state index contributed by atoms with van der Waals surface area (Å²) in [7, 11) is 0. The molecule has 1 aliphatic rings. The molecule has 0 bridgehead atoms. The normalized spacial score (nSPS) is 13.6. The van der Waals surface area contributed by atoms with Gasteiger partial charge in [-0.1, -0.05) is 12.1 Å². The first-order valence-electron chi connectivity index (χ1n) is 11.8. The molecule has 0 N–H and O–H groups in total. The average Bonchev–Trinajstić information content (AvgIpc) is 3.33. The number of anilines is 1. The van der Waals surface area contributed by atoms with Crippen molar-refractivity contribution in [3.05, 3.63) is 78.0 Å². The molecule has 0 spiro atoms. The lowest BCUT2D eigenvalue weighted by Gasteiger charge is -2.35. The zero-order chi connectivity index (χ0) is 25.1. The van der Waals surface area contributed by atoms with Crippen molar-refractivity contribution in [2.24, 2.45) is 0 Å². The molecular weight excluding hydrogens is 459 g/mol. The number of hydrogen-bond acceptors (Lipinski definition) is 6. The molecule has 4 aromatic rings. The number of carbonyl (C=O) groups excluding carboxylic acids is 1. The molecule has 1 aromatic carbocycles. The van der Waals surface area contributed by atoms with Gasteiger partial charge in [0.1, 0.15) is 23.5 Å². The Morgan fingerprint density at radius 3 is 2.56 bits per heavy atom. The fourth-order valence-electron chi connectivity index (χ4n) is 4.45. The van der Waals surface area contributed by atoms with Crippen molar-refractivity contribution in [3.8, 4) is 22.9 Å². The van der Waals surface area contributed by atoms with Crippen LogP contribution in [0.5, 0.6) is 5.75 Å². The summed E-state index contributed by atoms with van der Waals surface area (Å²) in [6.07, 6.45) is 5.37. The first kappa shape index (κ1) is 23.3. The smallest absolute Gasteiger partial charge is 0.227 e. The minimum absolute atomic E-state index is 0.0388. The SMILES string of the molecule is CCOc1cc(-c2ccc(N3CCN(C(=O)Cc4ccc(F)cc4)CC3)nc2)c2c(C#N)cnn2c1. The number of halogens is 1. The second-order valence-corrected chi connectivity index (χ2v) is 8.56. The summed E-state index contributed by atoms with van der Waals surface area (Å²) in [5, 5.41) is 13.8. The van der Waals surface area contributed by atoms with E-state index in [2.05, 4.69) is 21.1 Å². The first-order valence-corrected chi connectivity index (χ1v) is 11.8. The summed E-state index contributed by atoms with van der Waals surface area (Å²) >= 11 is 0. The summed E-state index contributed by atoms with van der Waals surface area (Å²) in [6, 6.07) is 14.1. The maximum atomic E-state index is 13.1. The summed E-state index contributed by atoms with van der Waals surface area (Å²) in [5.41, 5.74) is 3.68. The number of amides is 1. The third-order valence-electron chi connectivity index (χ3n) is 6.30. The number of carbonyl (C=O) groups is 1. The predicted molar refractivity (Wildman–Crippen MR) is 133 cm³/mol. The van der Waals surface area contributed by atoms with E-state index in [1.54, 1.807) is 35.2 Å². The van der Waals surface area contributed by atoms with E-state index in [1.165, 1.54) is 12.1 Å². The minimum atomic E-state index is -0.305. The van der Waals surface area contributed by atoms with E-state index in [0.29, 0.717) is 49.6 Å². The van der Waals surface area contributed by atoms with Crippen LogP contribution in [0.1, 0.15) is 18.1 Å². The lowest BCUT2D eigenvalue weighted by atomic mass is 10.1. The second kappa shape index (κ2) is 10.0. The van der Waals surface area contributed by atoms with Crippen molar-refractivity contribution in [2.75, 3.05) is 37.7 Å². The topological polar surface area (TPSA) is 86.8 Å². The van der Waals surface area contributed by atoms with E-state index in [0.717, 1.165) is 22.5 Å². The third kappa shape index (κ3) is 4.70. The number of pyridine rings is 2. The van der Waals surface area contributed by atoms with Crippen LogP contribution in [0.3, 0.4) is 0 Å². The van der Waals surface area contributed by atoms with Crippen LogP contribution < -0.4 is 9.64 Å². The molecule has 1 fully saturated rings. The Hall–Kier alpha value is -4.45. The van der Waals surface area contributed by atoms with Crippen molar-refractivity contribution in [2.45, 2.75) is 13.3 Å². The monoisotopic (exact) mass is 484 g/mol. The van der Waals surface area contributed by atoms with Crippen LogP contribution in [-0.2, 0) is 11.2 Å². The Kier molecular flexibility index (Phi) is 6.50. The average molecular weight is 485 g/mol. The lowest BCUT2D eigenvalue weighted by molar-refractivity contribution is -0.130. The van der Waals surface area contributed by atoms with Gasteiger partial charge in [-0.2, -0.15) is 10.4 Å². The molecule has 1 amide bonds. The van der Waals surface area contributed by atoms with Crippen molar-refractivity contribution in [1.82, 2.24) is 19.5 Å². The number of nitriles is 1. The van der Waals surface area contributed by atoms with Gasteiger partial charge in [0.25, 0.3) is 0 Å². The number of rotatable bonds is 6. The molecule has 0 aliphatic carbocycles.